The molecule has 0 bridgehead atoms. The van der Waals surface area contributed by atoms with Crippen molar-refractivity contribution in [2.24, 2.45) is 0 Å². The molecule has 15 heavy (non-hydrogen) atoms. The van der Waals surface area contributed by atoms with E-state index in [1.165, 1.54) is 11.1 Å². The van der Waals surface area contributed by atoms with Gasteiger partial charge in [0.1, 0.15) is 6.61 Å². The summed E-state index contributed by atoms with van der Waals surface area (Å²) < 4.78 is 0. The van der Waals surface area contributed by atoms with E-state index in [1.807, 2.05) is 26.8 Å². The van der Waals surface area contributed by atoms with Crippen LogP contribution in [0.3, 0.4) is 0 Å². The second kappa shape index (κ2) is 4.29. The van der Waals surface area contributed by atoms with E-state index in [2.05, 4.69) is 11.8 Å². The fraction of sp³-hybridized carbons (Fsp3) is 0.455. The maximum atomic E-state index is 10.1. The van der Waals surface area contributed by atoms with Crippen molar-refractivity contribution in [3.8, 4) is 0 Å². The highest BCUT2D eigenvalue weighted by atomic mass is 16.9. The topological polar surface area (TPSA) is 52.4 Å². The summed E-state index contributed by atoms with van der Waals surface area (Å²) in [4.78, 5) is 14.5. The molecule has 0 aliphatic heterocycles. The van der Waals surface area contributed by atoms with Gasteiger partial charge in [-0.15, -0.1) is 10.1 Å². The molecule has 4 nitrogen and oxygen atoms in total. The summed E-state index contributed by atoms with van der Waals surface area (Å²) in [6.45, 7) is 8.06. The number of hydrogen-bond donors (Lipinski definition) is 0. The van der Waals surface area contributed by atoms with Gasteiger partial charge in [0.25, 0.3) is 5.09 Å². The summed E-state index contributed by atoms with van der Waals surface area (Å²) in [5, 5.41) is 9.34. The smallest absolute Gasteiger partial charge is 0.294 e. The first kappa shape index (κ1) is 11.5. The molecule has 0 fully saturated rings. The molecule has 0 saturated heterocycles. The number of nitrogens with zero attached hydrogens (tertiary/aromatic N) is 1. The molecule has 1 rings (SSSR count). The van der Waals surface area contributed by atoms with Crippen molar-refractivity contribution >= 4 is 0 Å². The van der Waals surface area contributed by atoms with E-state index in [9.17, 15) is 10.1 Å². The summed E-state index contributed by atoms with van der Waals surface area (Å²) in [5.74, 6) is 0. The first-order chi connectivity index (χ1) is 6.93. The van der Waals surface area contributed by atoms with Gasteiger partial charge in [-0.2, -0.15) is 0 Å². The standard InChI is InChI=1S/C11H15NO3/c1-7-5-11(6-15-12(13)14)10(4)9(3)8(7)2/h5H,6H2,1-4H3. The Morgan fingerprint density at radius 2 is 1.80 bits per heavy atom. The molecule has 0 aromatic heterocycles. The molecule has 0 saturated carbocycles. The van der Waals surface area contributed by atoms with Crippen molar-refractivity contribution in [1.82, 2.24) is 0 Å². The number of benzene rings is 1. The van der Waals surface area contributed by atoms with Crippen LogP contribution in [0.4, 0.5) is 0 Å². The maximum absolute atomic E-state index is 10.1. The third kappa shape index (κ3) is 2.46. The van der Waals surface area contributed by atoms with E-state index >= 15 is 0 Å². The summed E-state index contributed by atoms with van der Waals surface area (Å²) >= 11 is 0. The normalized spacial score (nSPS) is 10.1. The molecule has 0 unspecified atom stereocenters. The highest BCUT2D eigenvalue weighted by Gasteiger charge is 2.08. The summed E-state index contributed by atoms with van der Waals surface area (Å²) in [7, 11) is 0. The Morgan fingerprint density at radius 3 is 2.33 bits per heavy atom. The Morgan fingerprint density at radius 1 is 1.20 bits per heavy atom. The van der Waals surface area contributed by atoms with Crippen LogP contribution >= 0.6 is 0 Å². The van der Waals surface area contributed by atoms with E-state index in [-0.39, 0.29) is 6.61 Å². The van der Waals surface area contributed by atoms with Crippen LogP contribution in [0.2, 0.25) is 0 Å². The largest absolute Gasteiger partial charge is 0.309 e. The predicted octanol–water partition coefficient (Wildman–Crippen LogP) is 2.63. The van der Waals surface area contributed by atoms with Crippen LogP contribution in [-0.2, 0) is 11.4 Å². The quantitative estimate of drug-likeness (QED) is 0.568. The lowest BCUT2D eigenvalue weighted by atomic mass is 9.95. The van der Waals surface area contributed by atoms with Crippen LogP contribution in [0.5, 0.6) is 0 Å². The van der Waals surface area contributed by atoms with Gasteiger partial charge in [-0.25, -0.2) is 0 Å². The Labute approximate surface area is 89.0 Å². The lowest BCUT2D eigenvalue weighted by molar-refractivity contribution is -0.763. The van der Waals surface area contributed by atoms with Crippen molar-refractivity contribution in [3.63, 3.8) is 0 Å². The lowest BCUT2D eigenvalue weighted by Gasteiger charge is -2.13. The molecule has 1 aromatic carbocycles. The van der Waals surface area contributed by atoms with Crippen LogP contribution in [0, 0.1) is 37.8 Å². The van der Waals surface area contributed by atoms with E-state index in [0.717, 1.165) is 16.7 Å². The van der Waals surface area contributed by atoms with Gasteiger partial charge in [0.15, 0.2) is 0 Å². The number of aryl methyl sites for hydroxylation is 1. The first-order valence-electron chi connectivity index (χ1n) is 4.77. The van der Waals surface area contributed by atoms with Gasteiger partial charge in [-0.3, -0.25) is 0 Å². The van der Waals surface area contributed by atoms with E-state index in [0.29, 0.717) is 0 Å². The van der Waals surface area contributed by atoms with Gasteiger partial charge in [0.2, 0.25) is 0 Å². The monoisotopic (exact) mass is 209 g/mol. The molecule has 0 spiro atoms. The number of hydrogen-bond acceptors (Lipinski definition) is 3. The molecule has 0 amide bonds. The molecular formula is C11H15NO3. The van der Waals surface area contributed by atoms with Gasteiger partial charge in [0, 0.05) is 0 Å². The molecule has 0 aliphatic carbocycles. The molecule has 1 aromatic rings. The fourth-order valence-corrected chi connectivity index (χ4v) is 1.57. The zero-order valence-corrected chi connectivity index (χ0v) is 9.46. The average Bonchev–Trinajstić information content (AvgIpc) is 2.18. The van der Waals surface area contributed by atoms with Gasteiger partial charge in [-0.1, -0.05) is 6.07 Å². The molecular weight excluding hydrogens is 194 g/mol. The summed E-state index contributed by atoms with van der Waals surface area (Å²) in [5.41, 5.74) is 5.50. The predicted molar refractivity (Wildman–Crippen MR) is 57.2 cm³/mol. The highest BCUT2D eigenvalue weighted by molar-refractivity contribution is 5.43. The molecule has 4 heteroatoms. The van der Waals surface area contributed by atoms with Crippen molar-refractivity contribution in [2.75, 3.05) is 0 Å². The SMILES string of the molecule is Cc1cc(CO[N+](=O)[O-])c(C)c(C)c1C. The summed E-state index contributed by atoms with van der Waals surface area (Å²) in [6, 6.07) is 1.95. The molecule has 0 N–H and O–H groups in total. The highest BCUT2D eigenvalue weighted by Crippen LogP contribution is 2.21. The van der Waals surface area contributed by atoms with Crippen molar-refractivity contribution in [2.45, 2.75) is 34.3 Å². The molecule has 0 radical (unpaired) electrons. The third-order valence-corrected chi connectivity index (χ3v) is 2.91. The van der Waals surface area contributed by atoms with Gasteiger partial charge in [-0.05, 0) is 55.5 Å². The van der Waals surface area contributed by atoms with E-state index < -0.39 is 5.09 Å². The van der Waals surface area contributed by atoms with Crippen molar-refractivity contribution < 1.29 is 9.92 Å². The zero-order chi connectivity index (χ0) is 11.6. The van der Waals surface area contributed by atoms with E-state index in [4.69, 9.17) is 0 Å². The minimum Gasteiger partial charge on any atom is -0.309 e. The Kier molecular flexibility index (Phi) is 3.29. The Hall–Kier alpha value is -1.58. The van der Waals surface area contributed by atoms with Crippen molar-refractivity contribution in [3.05, 3.63) is 44.0 Å². The molecule has 82 valence electrons. The van der Waals surface area contributed by atoms with Crippen LogP contribution in [0.25, 0.3) is 0 Å². The van der Waals surface area contributed by atoms with Gasteiger partial charge < -0.3 is 4.84 Å². The van der Waals surface area contributed by atoms with Crippen LogP contribution in [-0.4, -0.2) is 5.09 Å². The fourth-order valence-electron chi connectivity index (χ4n) is 1.57. The van der Waals surface area contributed by atoms with Crippen LogP contribution < -0.4 is 0 Å². The van der Waals surface area contributed by atoms with Gasteiger partial charge >= 0.3 is 0 Å². The van der Waals surface area contributed by atoms with Crippen molar-refractivity contribution in [1.29, 1.82) is 0 Å². The second-order valence-electron chi connectivity index (χ2n) is 3.72. The zero-order valence-electron chi connectivity index (χ0n) is 9.46. The minimum atomic E-state index is -0.760. The third-order valence-electron chi connectivity index (χ3n) is 2.91. The molecule has 0 heterocycles. The minimum absolute atomic E-state index is 0.0286. The molecule has 0 aliphatic rings. The van der Waals surface area contributed by atoms with E-state index in [1.54, 1.807) is 0 Å². The Bertz CT molecular complexity index is 399. The first-order valence-corrected chi connectivity index (χ1v) is 4.77. The Balaban J connectivity index is 3.04. The number of rotatable bonds is 3. The molecule has 0 atom stereocenters. The lowest BCUT2D eigenvalue weighted by Crippen LogP contribution is -2.04. The summed E-state index contributed by atoms with van der Waals surface area (Å²) in [6.07, 6.45) is 0. The van der Waals surface area contributed by atoms with Gasteiger partial charge in [0.05, 0.1) is 0 Å². The van der Waals surface area contributed by atoms with Crippen LogP contribution in [0.1, 0.15) is 27.8 Å². The van der Waals surface area contributed by atoms with Crippen LogP contribution in [0.15, 0.2) is 6.07 Å². The average molecular weight is 209 g/mol. The second-order valence-corrected chi connectivity index (χ2v) is 3.72. The maximum Gasteiger partial charge on any atom is 0.294 e.